The van der Waals surface area contributed by atoms with Crippen LogP contribution >= 0.6 is 0 Å². The van der Waals surface area contributed by atoms with Gasteiger partial charge in [-0.3, -0.25) is 0 Å². The molecule has 92 valence electrons. The number of benzene rings is 1. The maximum Gasteiger partial charge on any atom is 0.331 e. The van der Waals surface area contributed by atoms with Crippen LogP contribution in [0.15, 0.2) is 36.4 Å². The van der Waals surface area contributed by atoms with E-state index in [1.807, 2.05) is 37.3 Å². The highest BCUT2D eigenvalue weighted by Crippen LogP contribution is 2.06. The monoisotopic (exact) mass is 232 g/mol. The van der Waals surface area contributed by atoms with Gasteiger partial charge in [-0.05, 0) is 25.0 Å². The highest BCUT2D eigenvalue weighted by Gasteiger charge is 2.05. The van der Waals surface area contributed by atoms with Crippen LogP contribution in [0.1, 0.15) is 38.7 Å². The van der Waals surface area contributed by atoms with Crippen molar-refractivity contribution in [1.29, 1.82) is 0 Å². The van der Waals surface area contributed by atoms with Crippen molar-refractivity contribution in [2.75, 3.05) is 0 Å². The molecule has 1 rings (SSSR count). The fraction of sp³-hybridized carbons (Fsp3) is 0.400. The molecule has 1 aromatic rings. The molecule has 0 radical (unpaired) electrons. The first-order valence-corrected chi connectivity index (χ1v) is 6.16. The minimum atomic E-state index is -0.266. The summed E-state index contributed by atoms with van der Waals surface area (Å²) in [6.45, 7) is 4.06. The third-order valence-corrected chi connectivity index (χ3v) is 2.49. The molecule has 0 spiro atoms. The van der Waals surface area contributed by atoms with Crippen molar-refractivity contribution in [3.63, 3.8) is 0 Å². The zero-order chi connectivity index (χ0) is 12.5. The van der Waals surface area contributed by atoms with Gasteiger partial charge in [0.05, 0.1) is 6.10 Å². The van der Waals surface area contributed by atoms with Crippen LogP contribution in [0.2, 0.25) is 0 Å². The number of carbonyl (C=O) groups is 1. The van der Waals surface area contributed by atoms with Gasteiger partial charge in [-0.25, -0.2) is 4.79 Å². The molecule has 0 bridgehead atoms. The van der Waals surface area contributed by atoms with Crippen LogP contribution in [-0.2, 0) is 9.53 Å². The average molecular weight is 232 g/mol. The minimum absolute atomic E-state index is 0.00266. The summed E-state index contributed by atoms with van der Waals surface area (Å²) in [5.74, 6) is -0.266. The van der Waals surface area contributed by atoms with Gasteiger partial charge in [0.15, 0.2) is 0 Å². The zero-order valence-corrected chi connectivity index (χ0v) is 10.6. The molecule has 1 atom stereocenters. The Morgan fingerprint density at radius 1 is 1.35 bits per heavy atom. The molecule has 2 nitrogen and oxygen atoms in total. The summed E-state index contributed by atoms with van der Waals surface area (Å²) in [5.41, 5.74) is 1.01. The van der Waals surface area contributed by atoms with Gasteiger partial charge in [0.2, 0.25) is 0 Å². The fourth-order valence-electron chi connectivity index (χ4n) is 1.52. The van der Waals surface area contributed by atoms with Crippen LogP contribution in [0.4, 0.5) is 0 Å². The molecule has 0 aliphatic heterocycles. The van der Waals surface area contributed by atoms with Crippen molar-refractivity contribution in [3.05, 3.63) is 42.0 Å². The summed E-state index contributed by atoms with van der Waals surface area (Å²) in [6, 6.07) is 9.72. The summed E-state index contributed by atoms with van der Waals surface area (Å²) >= 11 is 0. The lowest BCUT2D eigenvalue weighted by atomic mass is 10.2. The SMILES string of the molecule is CCCCC(C)OC(=O)C=Cc1ccccc1. The summed E-state index contributed by atoms with van der Waals surface area (Å²) in [6.07, 6.45) is 6.41. The van der Waals surface area contributed by atoms with E-state index >= 15 is 0 Å². The van der Waals surface area contributed by atoms with E-state index in [9.17, 15) is 4.79 Å². The molecule has 17 heavy (non-hydrogen) atoms. The van der Waals surface area contributed by atoms with Crippen LogP contribution in [0.5, 0.6) is 0 Å². The first-order chi connectivity index (χ1) is 8.22. The Bertz CT molecular complexity index is 354. The summed E-state index contributed by atoms with van der Waals surface area (Å²) in [4.78, 5) is 11.5. The highest BCUT2D eigenvalue weighted by atomic mass is 16.5. The van der Waals surface area contributed by atoms with E-state index in [-0.39, 0.29) is 12.1 Å². The Balaban J connectivity index is 2.36. The second-order valence-corrected chi connectivity index (χ2v) is 4.13. The number of unbranched alkanes of at least 4 members (excludes halogenated alkanes) is 1. The standard InChI is InChI=1S/C15H20O2/c1-3-4-8-13(2)17-15(16)12-11-14-9-6-5-7-10-14/h5-7,9-13H,3-4,8H2,1-2H3. The van der Waals surface area contributed by atoms with Crippen molar-refractivity contribution in [3.8, 4) is 0 Å². The Hall–Kier alpha value is -1.57. The van der Waals surface area contributed by atoms with Crippen molar-refractivity contribution >= 4 is 12.0 Å². The average Bonchev–Trinajstić information content (AvgIpc) is 2.35. The van der Waals surface area contributed by atoms with Crippen molar-refractivity contribution < 1.29 is 9.53 Å². The molecule has 0 amide bonds. The van der Waals surface area contributed by atoms with Gasteiger partial charge in [0, 0.05) is 6.08 Å². The fourth-order valence-corrected chi connectivity index (χ4v) is 1.52. The van der Waals surface area contributed by atoms with Gasteiger partial charge in [0.25, 0.3) is 0 Å². The molecule has 0 fully saturated rings. The van der Waals surface area contributed by atoms with E-state index in [0.29, 0.717) is 0 Å². The molecule has 0 aromatic heterocycles. The van der Waals surface area contributed by atoms with Crippen LogP contribution in [0, 0.1) is 0 Å². The molecule has 0 aliphatic rings. The largest absolute Gasteiger partial charge is 0.460 e. The minimum Gasteiger partial charge on any atom is -0.460 e. The maximum atomic E-state index is 11.5. The normalized spacial score (nSPS) is 12.6. The van der Waals surface area contributed by atoms with Crippen LogP contribution < -0.4 is 0 Å². The third-order valence-electron chi connectivity index (χ3n) is 2.49. The molecule has 0 aliphatic carbocycles. The van der Waals surface area contributed by atoms with Crippen molar-refractivity contribution in [1.82, 2.24) is 0 Å². The number of ether oxygens (including phenoxy) is 1. The van der Waals surface area contributed by atoms with Crippen molar-refractivity contribution in [2.45, 2.75) is 39.2 Å². The lowest BCUT2D eigenvalue weighted by Gasteiger charge is -2.10. The van der Waals surface area contributed by atoms with Crippen LogP contribution in [-0.4, -0.2) is 12.1 Å². The predicted octanol–water partition coefficient (Wildman–Crippen LogP) is 3.82. The predicted molar refractivity (Wildman–Crippen MR) is 70.6 cm³/mol. The van der Waals surface area contributed by atoms with Gasteiger partial charge in [0.1, 0.15) is 0 Å². The number of rotatable bonds is 6. The van der Waals surface area contributed by atoms with E-state index in [2.05, 4.69) is 6.92 Å². The molecular weight excluding hydrogens is 212 g/mol. The van der Waals surface area contributed by atoms with E-state index in [1.165, 1.54) is 6.08 Å². The summed E-state index contributed by atoms with van der Waals surface area (Å²) in [5, 5.41) is 0. The molecule has 0 N–H and O–H groups in total. The first-order valence-electron chi connectivity index (χ1n) is 6.16. The Labute approximate surface area is 103 Å². The quantitative estimate of drug-likeness (QED) is 0.550. The molecule has 2 heteroatoms. The second-order valence-electron chi connectivity index (χ2n) is 4.13. The molecule has 0 saturated heterocycles. The maximum absolute atomic E-state index is 11.5. The summed E-state index contributed by atoms with van der Waals surface area (Å²) in [7, 11) is 0. The topological polar surface area (TPSA) is 26.3 Å². The van der Waals surface area contributed by atoms with E-state index < -0.39 is 0 Å². The first kappa shape index (κ1) is 13.5. The van der Waals surface area contributed by atoms with Gasteiger partial charge >= 0.3 is 5.97 Å². The molecule has 1 unspecified atom stereocenters. The van der Waals surface area contributed by atoms with Crippen LogP contribution in [0.3, 0.4) is 0 Å². The third kappa shape index (κ3) is 5.91. The van der Waals surface area contributed by atoms with Crippen molar-refractivity contribution in [2.24, 2.45) is 0 Å². The number of hydrogen-bond acceptors (Lipinski definition) is 2. The second kappa shape index (κ2) is 7.66. The molecule has 0 heterocycles. The number of esters is 1. The Kier molecular flexibility index (Phi) is 6.08. The molecular formula is C15H20O2. The number of hydrogen-bond donors (Lipinski definition) is 0. The van der Waals surface area contributed by atoms with E-state index in [4.69, 9.17) is 4.74 Å². The lowest BCUT2D eigenvalue weighted by molar-refractivity contribution is -0.142. The highest BCUT2D eigenvalue weighted by molar-refractivity contribution is 5.87. The molecule has 1 aromatic carbocycles. The van der Waals surface area contributed by atoms with Gasteiger partial charge in [-0.15, -0.1) is 0 Å². The molecule has 0 saturated carbocycles. The summed E-state index contributed by atoms with van der Waals surface area (Å²) < 4.78 is 5.25. The number of carbonyl (C=O) groups excluding carboxylic acids is 1. The van der Waals surface area contributed by atoms with E-state index in [0.717, 1.165) is 24.8 Å². The zero-order valence-electron chi connectivity index (χ0n) is 10.6. The van der Waals surface area contributed by atoms with Gasteiger partial charge < -0.3 is 4.74 Å². The van der Waals surface area contributed by atoms with Gasteiger partial charge in [-0.2, -0.15) is 0 Å². The van der Waals surface area contributed by atoms with Gasteiger partial charge in [-0.1, -0.05) is 50.1 Å². The Morgan fingerprint density at radius 3 is 2.71 bits per heavy atom. The lowest BCUT2D eigenvalue weighted by Crippen LogP contribution is -2.12. The smallest absolute Gasteiger partial charge is 0.331 e. The van der Waals surface area contributed by atoms with E-state index in [1.54, 1.807) is 6.08 Å². The van der Waals surface area contributed by atoms with Crippen LogP contribution in [0.25, 0.3) is 6.08 Å². The Morgan fingerprint density at radius 2 is 2.06 bits per heavy atom.